The van der Waals surface area contributed by atoms with Crippen molar-refractivity contribution in [3.8, 4) is 5.75 Å². The van der Waals surface area contributed by atoms with E-state index in [0.717, 1.165) is 29.8 Å². The highest BCUT2D eigenvalue weighted by atomic mass is 32.1. The number of carbonyl (C=O) groups excluding carboxylic acids is 1. The third-order valence-electron chi connectivity index (χ3n) is 5.33. The zero-order valence-electron chi connectivity index (χ0n) is 17.8. The summed E-state index contributed by atoms with van der Waals surface area (Å²) >= 11 is 1.46. The van der Waals surface area contributed by atoms with Gasteiger partial charge in [-0.25, -0.2) is 9.18 Å². The Balaban J connectivity index is 1.40. The number of aryl methyl sites for hydroxylation is 1. The van der Waals surface area contributed by atoms with E-state index in [-0.39, 0.29) is 11.7 Å². The number of hydrogen-bond donors (Lipinski definition) is 2. The van der Waals surface area contributed by atoms with Crippen molar-refractivity contribution < 1.29 is 13.9 Å². The lowest BCUT2D eigenvalue weighted by Gasteiger charge is -2.33. The summed E-state index contributed by atoms with van der Waals surface area (Å²) in [4.78, 5) is 16.6. The van der Waals surface area contributed by atoms with Crippen molar-refractivity contribution in [3.63, 3.8) is 0 Å². The molecule has 0 atom stereocenters. The largest absolute Gasteiger partial charge is 0.415 e. The molecule has 1 aromatic heterocycles. The number of carbonyl (C=O) groups is 1. The van der Waals surface area contributed by atoms with Crippen LogP contribution in [0.4, 0.5) is 20.6 Å². The van der Waals surface area contributed by atoms with Crippen LogP contribution in [0.5, 0.6) is 5.75 Å². The number of anilines is 2. The normalized spacial score (nSPS) is 12.8. The maximum absolute atomic E-state index is 15.1. The summed E-state index contributed by atoms with van der Waals surface area (Å²) in [5.74, 6) is 0.427. The standard InChI is InChI=1S/C24H25FN4O2S/c1-28(24(30)31-19-8-3-2-4-9-19)12-13-29-11-5-7-17-15-18(16-20(25)22(17)29)27-23(26)21-10-6-14-32-21/h2-4,6,8-10,14-16H,5,7,11-13H2,1H3,(H2,26,27). The van der Waals surface area contributed by atoms with Gasteiger partial charge in [0.05, 0.1) is 10.6 Å². The minimum Gasteiger partial charge on any atom is -0.410 e. The number of ether oxygens (including phenoxy) is 1. The van der Waals surface area contributed by atoms with Crippen LogP contribution in [-0.2, 0) is 6.42 Å². The van der Waals surface area contributed by atoms with Gasteiger partial charge in [-0.2, -0.15) is 0 Å². The van der Waals surface area contributed by atoms with E-state index < -0.39 is 6.09 Å². The number of para-hydroxylation sites is 1. The molecule has 0 unspecified atom stereocenters. The van der Waals surface area contributed by atoms with Crippen LogP contribution in [0, 0.1) is 11.2 Å². The van der Waals surface area contributed by atoms with E-state index in [0.29, 0.717) is 30.2 Å². The molecule has 0 saturated heterocycles. The molecule has 0 fully saturated rings. The number of thiophene rings is 1. The van der Waals surface area contributed by atoms with Crippen molar-refractivity contribution in [2.75, 3.05) is 36.9 Å². The second-order valence-corrected chi connectivity index (χ2v) is 8.58. The van der Waals surface area contributed by atoms with Crippen LogP contribution in [-0.4, -0.2) is 43.5 Å². The molecule has 0 bridgehead atoms. The van der Waals surface area contributed by atoms with E-state index in [4.69, 9.17) is 10.1 Å². The summed E-state index contributed by atoms with van der Waals surface area (Å²) in [6, 6.07) is 16.0. The quantitative estimate of drug-likeness (QED) is 0.398. The van der Waals surface area contributed by atoms with Crippen molar-refractivity contribution in [2.24, 2.45) is 0 Å². The number of likely N-dealkylation sites (N-methyl/N-ethyl adjacent to an activating group) is 1. The van der Waals surface area contributed by atoms with Crippen LogP contribution < -0.4 is 15.0 Å². The Bertz CT molecular complexity index is 1090. The first kappa shape index (κ1) is 21.8. The number of halogens is 1. The molecular weight excluding hydrogens is 427 g/mol. The summed E-state index contributed by atoms with van der Waals surface area (Å²) in [7, 11) is 1.68. The third kappa shape index (κ3) is 5.08. The number of nitrogens with one attached hydrogen (secondary N) is 2. The van der Waals surface area contributed by atoms with Gasteiger partial charge in [0, 0.05) is 32.4 Å². The second kappa shape index (κ2) is 9.82. The molecule has 8 heteroatoms. The van der Waals surface area contributed by atoms with E-state index in [2.05, 4.69) is 5.32 Å². The topological polar surface area (TPSA) is 68.7 Å². The lowest BCUT2D eigenvalue weighted by atomic mass is 10.00. The molecule has 0 saturated carbocycles. The van der Waals surface area contributed by atoms with Crippen LogP contribution in [0.25, 0.3) is 0 Å². The average Bonchev–Trinajstić information content (AvgIpc) is 3.33. The second-order valence-electron chi connectivity index (χ2n) is 7.64. The van der Waals surface area contributed by atoms with Gasteiger partial charge in [-0.15, -0.1) is 11.3 Å². The van der Waals surface area contributed by atoms with Crippen LogP contribution in [0.3, 0.4) is 0 Å². The van der Waals surface area contributed by atoms with Crippen molar-refractivity contribution in [2.45, 2.75) is 12.8 Å². The highest BCUT2D eigenvalue weighted by molar-refractivity contribution is 7.12. The van der Waals surface area contributed by atoms with Gasteiger partial charge in [0.1, 0.15) is 17.4 Å². The maximum atomic E-state index is 15.1. The molecule has 0 aliphatic carbocycles. The molecule has 0 spiro atoms. The van der Waals surface area contributed by atoms with E-state index in [1.54, 1.807) is 31.3 Å². The molecule has 2 heterocycles. The SMILES string of the molecule is CN(CCN1CCCc2cc(NC(=N)c3cccs3)cc(F)c21)C(=O)Oc1ccccc1. The fourth-order valence-electron chi connectivity index (χ4n) is 3.72. The Labute approximate surface area is 190 Å². The molecule has 3 aromatic rings. The minimum atomic E-state index is -0.444. The highest BCUT2D eigenvalue weighted by Crippen LogP contribution is 2.33. The van der Waals surface area contributed by atoms with Crippen LogP contribution in [0.15, 0.2) is 60.0 Å². The molecule has 6 nitrogen and oxygen atoms in total. The number of hydrogen-bond acceptors (Lipinski definition) is 5. The molecule has 1 amide bonds. The first-order chi connectivity index (χ1) is 15.5. The predicted octanol–water partition coefficient (Wildman–Crippen LogP) is 5.21. The van der Waals surface area contributed by atoms with Gasteiger partial charge in [0.15, 0.2) is 0 Å². The minimum absolute atomic E-state index is 0.255. The maximum Gasteiger partial charge on any atom is 0.415 e. The fraction of sp³-hybridized carbons (Fsp3) is 0.250. The fourth-order valence-corrected chi connectivity index (χ4v) is 4.35. The lowest BCUT2D eigenvalue weighted by Crippen LogP contribution is -2.40. The molecule has 0 radical (unpaired) electrons. The van der Waals surface area contributed by atoms with Gasteiger partial charge >= 0.3 is 6.09 Å². The zero-order chi connectivity index (χ0) is 22.5. The number of rotatable bonds is 6. The Morgan fingerprint density at radius 2 is 2.06 bits per heavy atom. The number of nitrogens with zero attached hydrogens (tertiary/aromatic N) is 2. The number of fused-ring (bicyclic) bond motifs is 1. The van der Waals surface area contributed by atoms with Crippen LogP contribution in [0.1, 0.15) is 16.9 Å². The van der Waals surface area contributed by atoms with Crippen LogP contribution >= 0.6 is 11.3 Å². The molecule has 2 N–H and O–H groups in total. The molecule has 1 aliphatic heterocycles. The molecule has 166 valence electrons. The highest BCUT2D eigenvalue weighted by Gasteiger charge is 2.23. The van der Waals surface area contributed by atoms with Crippen molar-refractivity contribution in [1.82, 2.24) is 4.90 Å². The van der Waals surface area contributed by atoms with Gasteiger partial charge in [0.25, 0.3) is 0 Å². The van der Waals surface area contributed by atoms with E-state index in [9.17, 15) is 4.79 Å². The first-order valence-electron chi connectivity index (χ1n) is 10.5. The monoisotopic (exact) mass is 452 g/mol. The summed E-state index contributed by atoms with van der Waals surface area (Å²) in [5.41, 5.74) is 2.06. The summed E-state index contributed by atoms with van der Waals surface area (Å²) in [6.07, 6.45) is 1.23. The van der Waals surface area contributed by atoms with Gasteiger partial charge in [0.2, 0.25) is 0 Å². The first-order valence-corrected chi connectivity index (χ1v) is 11.3. The summed E-state index contributed by atoms with van der Waals surface area (Å²) in [6.45, 7) is 1.64. The van der Waals surface area contributed by atoms with E-state index in [1.807, 2.05) is 34.5 Å². The smallest absolute Gasteiger partial charge is 0.410 e. The predicted molar refractivity (Wildman–Crippen MR) is 127 cm³/mol. The molecule has 4 rings (SSSR count). The third-order valence-corrected chi connectivity index (χ3v) is 6.22. The molecule has 1 aliphatic rings. The Kier molecular flexibility index (Phi) is 6.70. The van der Waals surface area contributed by atoms with E-state index in [1.165, 1.54) is 22.3 Å². The Morgan fingerprint density at radius 3 is 2.81 bits per heavy atom. The van der Waals surface area contributed by atoms with Crippen LogP contribution in [0.2, 0.25) is 0 Å². The number of amides is 1. The van der Waals surface area contributed by atoms with Crippen molar-refractivity contribution in [3.05, 3.63) is 76.2 Å². The molecule has 2 aromatic carbocycles. The van der Waals surface area contributed by atoms with E-state index >= 15 is 4.39 Å². The molecular formula is C24H25FN4O2S. The lowest BCUT2D eigenvalue weighted by molar-refractivity contribution is 0.164. The van der Waals surface area contributed by atoms with Gasteiger partial charge < -0.3 is 19.9 Å². The van der Waals surface area contributed by atoms with Gasteiger partial charge in [-0.05, 0) is 54.1 Å². The summed E-state index contributed by atoms with van der Waals surface area (Å²) < 4.78 is 20.4. The number of amidine groups is 1. The van der Waals surface area contributed by atoms with Crippen molar-refractivity contribution in [1.29, 1.82) is 5.41 Å². The Hall–Kier alpha value is -3.39. The summed E-state index contributed by atoms with van der Waals surface area (Å²) in [5, 5.41) is 13.1. The van der Waals surface area contributed by atoms with Crippen molar-refractivity contribution >= 4 is 34.6 Å². The zero-order valence-corrected chi connectivity index (χ0v) is 18.6. The van der Waals surface area contributed by atoms with Gasteiger partial charge in [-0.3, -0.25) is 5.41 Å². The Morgan fingerprint density at radius 1 is 1.25 bits per heavy atom. The average molecular weight is 453 g/mol. The van der Waals surface area contributed by atoms with Gasteiger partial charge in [-0.1, -0.05) is 24.3 Å². The molecule has 32 heavy (non-hydrogen) atoms. The number of benzene rings is 2.